The summed E-state index contributed by atoms with van der Waals surface area (Å²) in [6.45, 7) is 0. The zero-order chi connectivity index (χ0) is 18.0. The molecule has 0 bridgehead atoms. The van der Waals surface area contributed by atoms with Crippen LogP contribution in [0.1, 0.15) is 5.56 Å². The van der Waals surface area contributed by atoms with Crippen molar-refractivity contribution in [1.82, 2.24) is 0 Å². The summed E-state index contributed by atoms with van der Waals surface area (Å²) in [6.07, 6.45) is 1.83. The Morgan fingerprint density at radius 1 is 1.16 bits per heavy atom. The Morgan fingerprint density at radius 3 is 2.64 bits per heavy atom. The predicted octanol–water partition coefficient (Wildman–Crippen LogP) is 4.87. The van der Waals surface area contributed by atoms with Crippen molar-refractivity contribution in [2.75, 3.05) is 19.1 Å². The number of rotatable bonds is 4. The third-order valence-corrected chi connectivity index (χ3v) is 5.36. The van der Waals surface area contributed by atoms with Gasteiger partial charge in [0.25, 0.3) is 5.91 Å². The van der Waals surface area contributed by atoms with Gasteiger partial charge >= 0.3 is 0 Å². The maximum Gasteiger partial charge on any atom is 0.270 e. The predicted molar refractivity (Wildman–Crippen MR) is 109 cm³/mol. The zero-order valence-corrected chi connectivity index (χ0v) is 16.7. The van der Waals surface area contributed by atoms with Crippen molar-refractivity contribution in [2.45, 2.75) is 0 Å². The summed E-state index contributed by atoms with van der Waals surface area (Å²) in [7, 11) is 3.13. The monoisotopic (exact) mass is 435 g/mol. The molecule has 1 heterocycles. The number of methoxy groups -OCH3 is 2. The molecule has 1 amide bonds. The van der Waals surface area contributed by atoms with Gasteiger partial charge in [-0.05, 0) is 35.9 Å². The highest BCUT2D eigenvalue weighted by Gasteiger charge is 2.35. The summed E-state index contributed by atoms with van der Waals surface area (Å²) in [5.41, 5.74) is 1.53. The van der Waals surface area contributed by atoms with Gasteiger partial charge in [-0.3, -0.25) is 9.69 Å². The fourth-order valence-corrected chi connectivity index (χ4v) is 4.09. The molecule has 0 radical (unpaired) electrons. The Morgan fingerprint density at radius 2 is 1.96 bits per heavy atom. The van der Waals surface area contributed by atoms with E-state index in [1.54, 1.807) is 32.4 Å². The van der Waals surface area contributed by atoms with Crippen molar-refractivity contribution in [3.05, 3.63) is 57.4 Å². The normalized spacial score (nSPS) is 15.8. The van der Waals surface area contributed by atoms with Crippen molar-refractivity contribution in [2.24, 2.45) is 0 Å². The lowest BCUT2D eigenvalue weighted by molar-refractivity contribution is -0.113. The molecule has 2 aromatic rings. The number of halogens is 1. The first kappa shape index (κ1) is 18.0. The number of thioether (sulfide) groups is 1. The second kappa shape index (κ2) is 7.59. The van der Waals surface area contributed by atoms with Crippen molar-refractivity contribution >= 4 is 61.9 Å². The lowest BCUT2D eigenvalue weighted by Crippen LogP contribution is -2.27. The van der Waals surface area contributed by atoms with E-state index in [-0.39, 0.29) is 5.91 Å². The van der Waals surface area contributed by atoms with Crippen LogP contribution in [0.2, 0.25) is 0 Å². The summed E-state index contributed by atoms with van der Waals surface area (Å²) in [5.74, 6) is 1.01. The highest BCUT2D eigenvalue weighted by atomic mass is 79.9. The van der Waals surface area contributed by atoms with Crippen LogP contribution in [0.5, 0.6) is 11.5 Å². The van der Waals surface area contributed by atoms with Crippen LogP contribution in [-0.2, 0) is 4.79 Å². The van der Waals surface area contributed by atoms with Gasteiger partial charge in [-0.2, -0.15) is 0 Å². The second-order valence-electron chi connectivity index (χ2n) is 5.11. The number of anilines is 1. The van der Waals surface area contributed by atoms with Crippen LogP contribution in [0, 0.1) is 0 Å². The number of benzene rings is 2. The van der Waals surface area contributed by atoms with E-state index < -0.39 is 0 Å². The Hall–Kier alpha value is -1.83. The molecule has 1 aliphatic heterocycles. The number of thiocarbonyl (C=S) groups is 1. The number of amides is 1. The summed E-state index contributed by atoms with van der Waals surface area (Å²) in [4.78, 5) is 14.9. The SMILES string of the molecule is COc1ccc(N2C(=O)/C(=C/c3cccc(Br)c3)SC2=S)c(OC)c1. The Kier molecular flexibility index (Phi) is 5.46. The first-order chi connectivity index (χ1) is 12.0. The van der Waals surface area contributed by atoms with Crippen LogP contribution >= 0.6 is 39.9 Å². The van der Waals surface area contributed by atoms with Crippen LogP contribution in [0.3, 0.4) is 0 Å². The highest BCUT2D eigenvalue weighted by molar-refractivity contribution is 9.10. The number of carbonyl (C=O) groups is 1. The summed E-state index contributed by atoms with van der Waals surface area (Å²) in [5, 5.41) is 0. The molecule has 0 N–H and O–H groups in total. The minimum Gasteiger partial charge on any atom is -0.497 e. The fraction of sp³-hybridized carbons (Fsp3) is 0.111. The van der Waals surface area contributed by atoms with Gasteiger partial charge in [0.2, 0.25) is 0 Å². The molecule has 0 aliphatic carbocycles. The van der Waals surface area contributed by atoms with E-state index in [0.29, 0.717) is 26.4 Å². The lowest BCUT2D eigenvalue weighted by atomic mass is 10.2. The van der Waals surface area contributed by atoms with E-state index >= 15 is 0 Å². The maximum absolute atomic E-state index is 12.9. The Labute approximate surface area is 163 Å². The molecule has 128 valence electrons. The quantitative estimate of drug-likeness (QED) is 0.505. The minimum atomic E-state index is -0.168. The molecule has 0 aromatic heterocycles. The molecular formula is C18H14BrNO3S2. The number of hydrogen-bond acceptors (Lipinski definition) is 5. The van der Waals surface area contributed by atoms with Crippen LogP contribution in [-0.4, -0.2) is 24.4 Å². The minimum absolute atomic E-state index is 0.168. The van der Waals surface area contributed by atoms with E-state index in [2.05, 4.69) is 15.9 Å². The average Bonchev–Trinajstić information content (AvgIpc) is 2.88. The summed E-state index contributed by atoms with van der Waals surface area (Å²) >= 11 is 10.1. The number of nitrogens with zero attached hydrogens (tertiary/aromatic N) is 1. The van der Waals surface area contributed by atoms with Gasteiger partial charge in [0.05, 0.1) is 24.8 Å². The van der Waals surface area contributed by atoms with Gasteiger partial charge in [0, 0.05) is 10.5 Å². The molecule has 7 heteroatoms. The van der Waals surface area contributed by atoms with E-state index in [1.807, 2.05) is 30.3 Å². The summed E-state index contributed by atoms with van der Waals surface area (Å²) < 4.78 is 12.0. The molecule has 1 aliphatic rings. The largest absolute Gasteiger partial charge is 0.497 e. The van der Waals surface area contributed by atoms with E-state index in [9.17, 15) is 4.79 Å². The Bertz CT molecular complexity index is 882. The smallest absolute Gasteiger partial charge is 0.270 e. The van der Waals surface area contributed by atoms with Crippen molar-refractivity contribution in [3.63, 3.8) is 0 Å². The van der Waals surface area contributed by atoms with Gasteiger partial charge in [0.1, 0.15) is 11.5 Å². The zero-order valence-electron chi connectivity index (χ0n) is 13.5. The standard InChI is InChI=1S/C18H14BrNO3S2/c1-22-13-6-7-14(15(10-13)23-2)20-17(21)16(25-18(20)24)9-11-4-3-5-12(19)8-11/h3-10H,1-2H3/b16-9-. The molecular weight excluding hydrogens is 422 g/mol. The summed E-state index contributed by atoms with van der Waals surface area (Å²) in [6, 6.07) is 13.0. The molecule has 0 atom stereocenters. The van der Waals surface area contributed by atoms with E-state index in [0.717, 1.165) is 10.0 Å². The molecule has 25 heavy (non-hydrogen) atoms. The molecule has 2 aromatic carbocycles. The number of carbonyl (C=O) groups excluding carboxylic acids is 1. The molecule has 1 fully saturated rings. The molecule has 0 spiro atoms. The van der Waals surface area contributed by atoms with Crippen LogP contribution in [0.4, 0.5) is 5.69 Å². The average molecular weight is 436 g/mol. The van der Waals surface area contributed by atoms with Crippen molar-refractivity contribution < 1.29 is 14.3 Å². The fourth-order valence-electron chi connectivity index (χ4n) is 2.39. The second-order valence-corrected chi connectivity index (χ2v) is 7.70. The molecule has 3 rings (SSSR count). The van der Waals surface area contributed by atoms with Gasteiger partial charge in [-0.1, -0.05) is 52.0 Å². The van der Waals surface area contributed by atoms with Crippen LogP contribution in [0.15, 0.2) is 51.8 Å². The first-order valence-electron chi connectivity index (χ1n) is 7.29. The topological polar surface area (TPSA) is 38.8 Å². The molecule has 0 saturated carbocycles. The van der Waals surface area contributed by atoms with Gasteiger partial charge in [-0.25, -0.2) is 0 Å². The van der Waals surface area contributed by atoms with Crippen molar-refractivity contribution in [1.29, 1.82) is 0 Å². The van der Waals surface area contributed by atoms with Crippen LogP contribution < -0.4 is 14.4 Å². The third kappa shape index (κ3) is 3.73. The van der Waals surface area contributed by atoms with Crippen LogP contribution in [0.25, 0.3) is 6.08 Å². The first-order valence-corrected chi connectivity index (χ1v) is 9.31. The van der Waals surface area contributed by atoms with Gasteiger partial charge in [0.15, 0.2) is 4.32 Å². The van der Waals surface area contributed by atoms with E-state index in [1.165, 1.54) is 16.7 Å². The third-order valence-electron chi connectivity index (χ3n) is 3.57. The molecule has 0 unspecified atom stereocenters. The highest BCUT2D eigenvalue weighted by Crippen LogP contribution is 2.41. The number of hydrogen-bond donors (Lipinski definition) is 0. The number of ether oxygens (including phenoxy) is 2. The maximum atomic E-state index is 12.9. The van der Waals surface area contributed by atoms with E-state index in [4.69, 9.17) is 21.7 Å². The molecule has 4 nitrogen and oxygen atoms in total. The van der Waals surface area contributed by atoms with Gasteiger partial charge in [-0.15, -0.1) is 0 Å². The Balaban J connectivity index is 1.97. The van der Waals surface area contributed by atoms with Gasteiger partial charge < -0.3 is 9.47 Å². The molecule has 1 saturated heterocycles. The van der Waals surface area contributed by atoms with Crippen molar-refractivity contribution in [3.8, 4) is 11.5 Å². The lowest BCUT2D eigenvalue weighted by Gasteiger charge is -2.18.